The Balaban J connectivity index is 2.02. The monoisotopic (exact) mass is 276 g/mol. The number of thiophene rings is 1. The van der Waals surface area contributed by atoms with Crippen LogP contribution in [0.4, 0.5) is 4.39 Å². The molecule has 4 heteroatoms. The van der Waals surface area contributed by atoms with Gasteiger partial charge < -0.3 is 9.84 Å². The van der Waals surface area contributed by atoms with Gasteiger partial charge in [0.05, 0.1) is 0 Å². The molecule has 0 unspecified atom stereocenters. The molecule has 1 aromatic carbocycles. The summed E-state index contributed by atoms with van der Waals surface area (Å²) >= 11 is 1.50. The van der Waals surface area contributed by atoms with Crippen molar-refractivity contribution in [3.05, 3.63) is 51.5 Å². The molecule has 0 atom stereocenters. The van der Waals surface area contributed by atoms with Gasteiger partial charge in [0, 0.05) is 15.8 Å². The zero-order valence-corrected chi connectivity index (χ0v) is 11.3. The molecule has 0 fully saturated rings. The minimum Gasteiger partial charge on any atom is -0.485 e. The summed E-state index contributed by atoms with van der Waals surface area (Å²) in [5.74, 6) is 5.33. The van der Waals surface area contributed by atoms with Gasteiger partial charge in [-0.2, -0.15) is 0 Å². The van der Waals surface area contributed by atoms with Crippen LogP contribution in [0.5, 0.6) is 5.75 Å². The topological polar surface area (TPSA) is 29.5 Å². The lowest BCUT2D eigenvalue weighted by Gasteiger charge is -2.06. The van der Waals surface area contributed by atoms with Crippen molar-refractivity contribution in [2.45, 2.75) is 13.5 Å². The van der Waals surface area contributed by atoms with Crippen LogP contribution in [0.2, 0.25) is 0 Å². The van der Waals surface area contributed by atoms with Crippen molar-refractivity contribution < 1.29 is 14.2 Å². The van der Waals surface area contributed by atoms with Crippen LogP contribution in [0.3, 0.4) is 0 Å². The fourth-order valence-corrected chi connectivity index (χ4v) is 2.27. The van der Waals surface area contributed by atoms with Crippen LogP contribution in [0.15, 0.2) is 29.6 Å². The molecule has 0 spiro atoms. The van der Waals surface area contributed by atoms with Crippen molar-refractivity contribution in [3.63, 3.8) is 0 Å². The maximum atomic E-state index is 13.7. The van der Waals surface area contributed by atoms with Gasteiger partial charge in [0.1, 0.15) is 13.2 Å². The third kappa shape index (κ3) is 3.57. The number of aliphatic hydroxyl groups excluding tert-OH is 1. The lowest BCUT2D eigenvalue weighted by atomic mass is 10.2. The van der Waals surface area contributed by atoms with Crippen LogP contribution >= 0.6 is 11.3 Å². The van der Waals surface area contributed by atoms with Crippen LogP contribution in [0.25, 0.3) is 0 Å². The molecule has 19 heavy (non-hydrogen) atoms. The Morgan fingerprint density at radius 1 is 1.42 bits per heavy atom. The smallest absolute Gasteiger partial charge is 0.167 e. The van der Waals surface area contributed by atoms with E-state index < -0.39 is 0 Å². The summed E-state index contributed by atoms with van der Waals surface area (Å²) in [7, 11) is 0. The molecule has 98 valence electrons. The van der Waals surface area contributed by atoms with E-state index in [0.717, 1.165) is 10.4 Å². The summed E-state index contributed by atoms with van der Waals surface area (Å²) in [5.41, 5.74) is 1.40. The number of hydrogen-bond acceptors (Lipinski definition) is 3. The molecule has 2 nitrogen and oxygen atoms in total. The quantitative estimate of drug-likeness (QED) is 0.873. The van der Waals surface area contributed by atoms with Gasteiger partial charge in [-0.15, -0.1) is 11.3 Å². The van der Waals surface area contributed by atoms with Gasteiger partial charge in [-0.3, -0.25) is 0 Å². The molecular weight excluding hydrogens is 263 g/mol. The first kappa shape index (κ1) is 13.6. The molecular formula is C15H13FO2S. The van der Waals surface area contributed by atoms with Gasteiger partial charge in [-0.1, -0.05) is 24.0 Å². The van der Waals surface area contributed by atoms with Crippen LogP contribution in [-0.4, -0.2) is 11.7 Å². The Hall–Kier alpha value is -1.83. The van der Waals surface area contributed by atoms with E-state index in [-0.39, 0.29) is 18.2 Å². The van der Waals surface area contributed by atoms with E-state index in [4.69, 9.17) is 9.84 Å². The zero-order valence-electron chi connectivity index (χ0n) is 10.4. The number of rotatable bonds is 3. The van der Waals surface area contributed by atoms with Gasteiger partial charge in [-0.25, -0.2) is 4.39 Å². The van der Waals surface area contributed by atoms with Crippen molar-refractivity contribution in [1.82, 2.24) is 0 Å². The molecule has 2 rings (SSSR count). The number of halogens is 1. The summed E-state index contributed by atoms with van der Waals surface area (Å²) in [6.07, 6.45) is 0. The third-order valence-electron chi connectivity index (χ3n) is 2.49. The maximum absolute atomic E-state index is 13.7. The van der Waals surface area contributed by atoms with Crippen molar-refractivity contribution >= 4 is 11.3 Å². The second kappa shape index (κ2) is 6.37. The Morgan fingerprint density at radius 3 is 3.05 bits per heavy atom. The highest BCUT2D eigenvalue weighted by Gasteiger charge is 2.06. The molecule has 0 saturated carbocycles. The molecule has 0 amide bonds. The predicted molar refractivity (Wildman–Crippen MR) is 73.8 cm³/mol. The first-order chi connectivity index (χ1) is 9.20. The molecule has 1 aromatic heterocycles. The van der Waals surface area contributed by atoms with E-state index >= 15 is 0 Å². The van der Waals surface area contributed by atoms with Crippen molar-refractivity contribution in [3.8, 4) is 17.6 Å². The molecule has 0 aliphatic carbocycles. The third-order valence-corrected chi connectivity index (χ3v) is 3.40. The maximum Gasteiger partial charge on any atom is 0.167 e. The van der Waals surface area contributed by atoms with Gasteiger partial charge in [0.25, 0.3) is 0 Å². The zero-order chi connectivity index (χ0) is 13.7. The summed E-state index contributed by atoms with van der Waals surface area (Å²) < 4.78 is 19.2. The van der Waals surface area contributed by atoms with E-state index in [0.29, 0.717) is 12.2 Å². The summed E-state index contributed by atoms with van der Waals surface area (Å²) in [5, 5.41) is 10.5. The van der Waals surface area contributed by atoms with E-state index in [1.165, 1.54) is 11.3 Å². The number of benzene rings is 1. The Bertz CT molecular complexity index is 623. The van der Waals surface area contributed by atoms with Crippen molar-refractivity contribution in [1.29, 1.82) is 0 Å². The van der Waals surface area contributed by atoms with Crippen LogP contribution in [0, 0.1) is 24.6 Å². The number of ether oxygens (including phenoxy) is 1. The number of aryl methyl sites for hydroxylation is 1. The Kier molecular flexibility index (Phi) is 4.56. The van der Waals surface area contributed by atoms with Gasteiger partial charge >= 0.3 is 0 Å². The average molecular weight is 276 g/mol. The molecule has 1 heterocycles. The van der Waals surface area contributed by atoms with E-state index in [9.17, 15) is 4.39 Å². The first-order valence-electron chi connectivity index (χ1n) is 5.75. The number of aliphatic hydroxyl groups is 1. The normalized spacial score (nSPS) is 9.84. The highest BCUT2D eigenvalue weighted by molar-refractivity contribution is 7.10. The van der Waals surface area contributed by atoms with Crippen LogP contribution in [-0.2, 0) is 6.61 Å². The Morgan fingerprint density at radius 2 is 2.26 bits per heavy atom. The largest absolute Gasteiger partial charge is 0.485 e. The fraction of sp³-hybridized carbons (Fsp3) is 0.200. The highest BCUT2D eigenvalue weighted by atomic mass is 32.1. The van der Waals surface area contributed by atoms with Gasteiger partial charge in [0.2, 0.25) is 0 Å². The predicted octanol–water partition coefficient (Wildman–Crippen LogP) is 3.12. The average Bonchev–Trinajstić information content (AvgIpc) is 2.86. The lowest BCUT2D eigenvalue weighted by molar-refractivity contribution is 0.293. The summed E-state index contributed by atoms with van der Waals surface area (Å²) in [4.78, 5) is 0.961. The van der Waals surface area contributed by atoms with Crippen molar-refractivity contribution in [2.75, 3.05) is 6.61 Å². The standard InChI is InChI=1S/C15H13FO2S/c1-11-4-2-6-14(15(11)16)18-9-13-8-12(10-19-13)5-3-7-17/h2,4,6,8,10,17H,7,9H2,1H3. The SMILES string of the molecule is Cc1cccc(OCc2cc(C#CCO)cs2)c1F. The van der Waals surface area contributed by atoms with Crippen LogP contribution in [0.1, 0.15) is 16.0 Å². The molecule has 2 aromatic rings. The second-order valence-electron chi connectivity index (χ2n) is 3.94. The molecule has 0 aliphatic rings. The molecule has 1 N–H and O–H groups in total. The minimum absolute atomic E-state index is 0.157. The first-order valence-corrected chi connectivity index (χ1v) is 6.63. The summed E-state index contributed by atoms with van der Waals surface area (Å²) in [6.45, 7) is 1.86. The highest BCUT2D eigenvalue weighted by Crippen LogP contribution is 2.22. The van der Waals surface area contributed by atoms with E-state index in [2.05, 4.69) is 11.8 Å². The second-order valence-corrected chi connectivity index (χ2v) is 4.93. The van der Waals surface area contributed by atoms with Gasteiger partial charge in [0.15, 0.2) is 11.6 Å². The van der Waals surface area contributed by atoms with Gasteiger partial charge in [-0.05, 0) is 24.6 Å². The summed E-state index contributed by atoms with van der Waals surface area (Å²) in [6, 6.07) is 6.96. The van der Waals surface area contributed by atoms with Crippen molar-refractivity contribution in [2.24, 2.45) is 0 Å². The van der Waals surface area contributed by atoms with E-state index in [1.807, 2.05) is 11.4 Å². The van der Waals surface area contributed by atoms with E-state index in [1.54, 1.807) is 25.1 Å². The molecule has 0 radical (unpaired) electrons. The fourth-order valence-electron chi connectivity index (χ4n) is 1.54. The number of hydrogen-bond donors (Lipinski definition) is 1. The van der Waals surface area contributed by atoms with Crippen LogP contribution < -0.4 is 4.74 Å². The molecule has 0 bridgehead atoms. The minimum atomic E-state index is -0.320. The lowest BCUT2D eigenvalue weighted by Crippen LogP contribution is -1.96. The Labute approximate surface area is 115 Å². The molecule has 0 aliphatic heterocycles. The molecule has 0 saturated heterocycles.